The van der Waals surface area contributed by atoms with E-state index in [0.717, 1.165) is 69.8 Å². The van der Waals surface area contributed by atoms with Crippen LogP contribution in [0.25, 0.3) is 0 Å². The SMILES string of the molecule is CCNC(=NCC1(N2CCOCC2)CCSC1)N1CCOC(c2cnn(C)c2)C1. The molecule has 3 aliphatic heterocycles. The highest BCUT2D eigenvalue weighted by molar-refractivity contribution is 7.99. The van der Waals surface area contributed by atoms with Crippen molar-refractivity contribution >= 4 is 17.7 Å². The van der Waals surface area contributed by atoms with Crippen LogP contribution in [0.2, 0.25) is 0 Å². The smallest absolute Gasteiger partial charge is 0.194 e. The second-order valence-electron chi connectivity index (χ2n) is 8.05. The Labute approximate surface area is 178 Å². The second kappa shape index (κ2) is 9.68. The Morgan fingerprint density at radius 3 is 2.90 bits per heavy atom. The third kappa shape index (κ3) is 4.90. The van der Waals surface area contributed by atoms with Crippen LogP contribution in [0, 0.1) is 0 Å². The molecule has 3 saturated heterocycles. The zero-order valence-electron chi connectivity index (χ0n) is 17.7. The molecule has 0 aromatic carbocycles. The van der Waals surface area contributed by atoms with Crippen molar-refractivity contribution in [2.45, 2.75) is 25.0 Å². The number of aromatic nitrogens is 2. The fraction of sp³-hybridized carbons (Fsp3) is 0.800. The van der Waals surface area contributed by atoms with Gasteiger partial charge in [-0.05, 0) is 19.1 Å². The lowest BCUT2D eigenvalue weighted by Crippen LogP contribution is -2.56. The van der Waals surface area contributed by atoms with Crippen LogP contribution in [0.4, 0.5) is 0 Å². The Hall–Kier alpha value is -1.29. The number of thioether (sulfide) groups is 1. The maximum atomic E-state index is 6.03. The van der Waals surface area contributed by atoms with Crippen molar-refractivity contribution in [2.75, 3.05) is 70.6 Å². The van der Waals surface area contributed by atoms with E-state index in [0.29, 0.717) is 6.61 Å². The number of rotatable bonds is 5. The van der Waals surface area contributed by atoms with E-state index >= 15 is 0 Å². The molecule has 0 radical (unpaired) electrons. The topological polar surface area (TPSA) is 67.2 Å². The van der Waals surface area contributed by atoms with Gasteiger partial charge in [0.1, 0.15) is 6.10 Å². The largest absolute Gasteiger partial charge is 0.379 e. The molecule has 1 aromatic rings. The molecule has 8 nitrogen and oxygen atoms in total. The molecule has 3 fully saturated rings. The average Bonchev–Trinajstić information content (AvgIpc) is 3.42. The lowest BCUT2D eigenvalue weighted by Gasteiger charge is -2.42. The van der Waals surface area contributed by atoms with Gasteiger partial charge in [-0.15, -0.1) is 0 Å². The normalized spacial score (nSPS) is 29.4. The molecule has 1 aromatic heterocycles. The van der Waals surface area contributed by atoms with Gasteiger partial charge in [0.2, 0.25) is 0 Å². The summed E-state index contributed by atoms with van der Waals surface area (Å²) in [6.07, 6.45) is 5.20. The predicted molar refractivity (Wildman–Crippen MR) is 117 cm³/mol. The zero-order valence-corrected chi connectivity index (χ0v) is 18.5. The van der Waals surface area contributed by atoms with Crippen LogP contribution in [-0.2, 0) is 16.5 Å². The number of hydrogen-bond acceptors (Lipinski definition) is 6. The maximum absolute atomic E-state index is 6.03. The number of nitrogens with zero attached hydrogens (tertiary/aromatic N) is 5. The summed E-state index contributed by atoms with van der Waals surface area (Å²) in [5.74, 6) is 3.40. The molecule has 3 aliphatic rings. The molecule has 0 saturated carbocycles. The van der Waals surface area contributed by atoms with E-state index in [1.54, 1.807) is 0 Å². The molecule has 0 bridgehead atoms. The second-order valence-corrected chi connectivity index (χ2v) is 9.15. The zero-order chi connectivity index (χ0) is 20.1. The lowest BCUT2D eigenvalue weighted by atomic mass is 9.96. The molecule has 0 aliphatic carbocycles. The van der Waals surface area contributed by atoms with Crippen LogP contribution < -0.4 is 5.32 Å². The molecule has 4 heterocycles. The number of ether oxygens (including phenoxy) is 2. The van der Waals surface area contributed by atoms with Crippen LogP contribution >= 0.6 is 11.8 Å². The summed E-state index contributed by atoms with van der Waals surface area (Å²) < 4.78 is 13.5. The van der Waals surface area contributed by atoms with Crippen LogP contribution in [0.1, 0.15) is 25.0 Å². The summed E-state index contributed by atoms with van der Waals surface area (Å²) >= 11 is 2.06. The highest BCUT2D eigenvalue weighted by atomic mass is 32.2. The van der Waals surface area contributed by atoms with Gasteiger partial charge in [-0.25, -0.2) is 0 Å². The van der Waals surface area contributed by atoms with Crippen LogP contribution in [0.15, 0.2) is 17.4 Å². The van der Waals surface area contributed by atoms with Crippen molar-refractivity contribution in [1.29, 1.82) is 0 Å². The van der Waals surface area contributed by atoms with Gasteiger partial charge in [-0.1, -0.05) is 0 Å². The first kappa shape index (κ1) is 21.0. The third-order valence-corrected chi connectivity index (χ3v) is 7.32. The standard InChI is InChI=1S/C20H34N6O2S/c1-3-21-19(25-5-10-28-18(14-25)17-12-23-24(2)13-17)22-15-20(4-11-29-16-20)26-6-8-27-9-7-26/h12-13,18H,3-11,14-16H2,1-2H3,(H,21,22). The van der Waals surface area contributed by atoms with Crippen LogP contribution in [0.3, 0.4) is 0 Å². The van der Waals surface area contributed by atoms with E-state index < -0.39 is 0 Å². The Morgan fingerprint density at radius 2 is 2.21 bits per heavy atom. The Morgan fingerprint density at radius 1 is 1.34 bits per heavy atom. The monoisotopic (exact) mass is 422 g/mol. The van der Waals surface area contributed by atoms with Crippen molar-refractivity contribution in [3.05, 3.63) is 18.0 Å². The minimum Gasteiger partial charge on any atom is -0.379 e. The number of aryl methyl sites for hydroxylation is 1. The molecule has 1 N–H and O–H groups in total. The highest BCUT2D eigenvalue weighted by Crippen LogP contribution is 2.34. The lowest BCUT2D eigenvalue weighted by molar-refractivity contribution is -0.0123. The predicted octanol–water partition coefficient (Wildman–Crippen LogP) is 0.967. The summed E-state index contributed by atoms with van der Waals surface area (Å²) in [5.41, 5.74) is 1.30. The van der Waals surface area contributed by atoms with E-state index in [-0.39, 0.29) is 11.6 Å². The summed E-state index contributed by atoms with van der Waals surface area (Å²) in [4.78, 5) is 10.1. The molecule has 0 spiro atoms. The number of nitrogens with one attached hydrogen (secondary N) is 1. The van der Waals surface area contributed by atoms with Gasteiger partial charge in [0, 0.05) is 50.7 Å². The van der Waals surface area contributed by atoms with Gasteiger partial charge in [0.05, 0.1) is 44.6 Å². The summed E-state index contributed by atoms with van der Waals surface area (Å²) in [6, 6.07) is 0. The van der Waals surface area contributed by atoms with E-state index in [1.807, 2.05) is 24.1 Å². The third-order valence-electron chi connectivity index (χ3n) is 6.09. The highest BCUT2D eigenvalue weighted by Gasteiger charge is 2.41. The van der Waals surface area contributed by atoms with E-state index in [4.69, 9.17) is 14.5 Å². The van der Waals surface area contributed by atoms with Crippen molar-refractivity contribution in [2.24, 2.45) is 12.0 Å². The van der Waals surface area contributed by atoms with Gasteiger partial charge in [-0.3, -0.25) is 14.6 Å². The molecule has 2 unspecified atom stereocenters. The molecule has 2 atom stereocenters. The molecule has 4 rings (SSSR count). The van der Waals surface area contributed by atoms with Crippen molar-refractivity contribution in [3.63, 3.8) is 0 Å². The molecule has 29 heavy (non-hydrogen) atoms. The van der Waals surface area contributed by atoms with Crippen molar-refractivity contribution in [1.82, 2.24) is 24.9 Å². The summed E-state index contributed by atoms with van der Waals surface area (Å²) in [7, 11) is 1.94. The molecule has 9 heteroatoms. The first-order valence-electron chi connectivity index (χ1n) is 10.7. The van der Waals surface area contributed by atoms with Gasteiger partial charge >= 0.3 is 0 Å². The molecular formula is C20H34N6O2S. The van der Waals surface area contributed by atoms with Gasteiger partial charge in [0.25, 0.3) is 0 Å². The maximum Gasteiger partial charge on any atom is 0.194 e. The van der Waals surface area contributed by atoms with E-state index in [1.165, 1.54) is 12.2 Å². The fourth-order valence-electron chi connectivity index (χ4n) is 4.41. The van der Waals surface area contributed by atoms with Crippen molar-refractivity contribution in [3.8, 4) is 0 Å². The van der Waals surface area contributed by atoms with Crippen molar-refractivity contribution < 1.29 is 9.47 Å². The summed E-state index contributed by atoms with van der Waals surface area (Å²) in [5, 5.41) is 7.82. The Bertz CT molecular complexity index is 684. The number of morpholine rings is 2. The minimum atomic E-state index is 0.0385. The van der Waals surface area contributed by atoms with Crippen LogP contribution in [-0.4, -0.2) is 102 Å². The number of guanidine groups is 1. The van der Waals surface area contributed by atoms with Gasteiger partial charge in [0.15, 0.2) is 5.96 Å². The number of hydrogen-bond donors (Lipinski definition) is 1. The first-order chi connectivity index (χ1) is 14.2. The average molecular weight is 423 g/mol. The first-order valence-corrected chi connectivity index (χ1v) is 11.9. The van der Waals surface area contributed by atoms with Gasteiger partial charge < -0.3 is 19.7 Å². The van der Waals surface area contributed by atoms with E-state index in [2.05, 4.69) is 38.9 Å². The quantitative estimate of drug-likeness (QED) is 0.560. The summed E-state index contributed by atoms with van der Waals surface area (Å²) in [6.45, 7) is 9.94. The molecule has 0 amide bonds. The number of aliphatic imine (C=N–C) groups is 1. The minimum absolute atomic E-state index is 0.0385. The van der Waals surface area contributed by atoms with E-state index in [9.17, 15) is 0 Å². The molecule has 162 valence electrons. The molecular weight excluding hydrogens is 388 g/mol. The van der Waals surface area contributed by atoms with Crippen LogP contribution in [0.5, 0.6) is 0 Å². The Balaban J connectivity index is 1.47. The van der Waals surface area contributed by atoms with Gasteiger partial charge in [-0.2, -0.15) is 16.9 Å². The Kier molecular flexibility index (Phi) is 7.00. The fourth-order valence-corrected chi connectivity index (χ4v) is 5.87.